The molecule has 0 fully saturated rings. The molecule has 5 nitrogen and oxygen atoms in total. The molecule has 0 saturated carbocycles. The Morgan fingerprint density at radius 1 is 1.03 bits per heavy atom. The van der Waals surface area contributed by atoms with E-state index in [0.717, 1.165) is 38.5 Å². The van der Waals surface area contributed by atoms with Gasteiger partial charge in [-0.3, -0.25) is 4.79 Å². The van der Waals surface area contributed by atoms with Crippen LogP contribution < -0.4 is 0 Å². The third kappa shape index (κ3) is 8.08. The Morgan fingerprint density at radius 3 is 2.28 bits per heavy atom. The largest absolute Gasteiger partial charge is 0.458 e. The molecule has 1 aromatic carbocycles. The van der Waals surface area contributed by atoms with Crippen LogP contribution in [0.5, 0.6) is 0 Å². The third-order valence-electron chi connectivity index (χ3n) is 5.95. The summed E-state index contributed by atoms with van der Waals surface area (Å²) in [5, 5.41) is 0. The van der Waals surface area contributed by atoms with E-state index < -0.39 is 41.5 Å². The number of carbonyl (C=O) groups is 2. The van der Waals surface area contributed by atoms with E-state index in [1.807, 2.05) is 18.2 Å². The van der Waals surface area contributed by atoms with E-state index in [1.54, 1.807) is 13.0 Å². The number of methoxy groups -OCH3 is 1. The second kappa shape index (κ2) is 14.6. The number of halogens is 3. The van der Waals surface area contributed by atoms with E-state index in [-0.39, 0.29) is 19.3 Å². The molecule has 0 aliphatic carbocycles. The van der Waals surface area contributed by atoms with Crippen molar-refractivity contribution >= 4 is 11.9 Å². The van der Waals surface area contributed by atoms with E-state index in [1.165, 1.54) is 18.2 Å². The number of benzene rings is 1. The first-order chi connectivity index (χ1) is 17.3. The number of rotatable bonds is 6. The molecule has 8 heteroatoms. The first-order valence-electron chi connectivity index (χ1n) is 12.3. The topological polar surface area (TPSA) is 61.8 Å². The van der Waals surface area contributed by atoms with Crippen molar-refractivity contribution in [3.63, 3.8) is 0 Å². The lowest BCUT2D eigenvalue weighted by Crippen LogP contribution is -2.53. The monoisotopic (exact) mass is 508 g/mol. The molecule has 1 aromatic rings. The molecule has 3 atom stereocenters. The van der Waals surface area contributed by atoms with E-state index in [2.05, 4.69) is 12.2 Å². The molecule has 0 aromatic heterocycles. The van der Waals surface area contributed by atoms with Crippen molar-refractivity contribution in [3.05, 3.63) is 72.4 Å². The summed E-state index contributed by atoms with van der Waals surface area (Å²) >= 11 is 0. The predicted octanol–water partition coefficient (Wildman–Crippen LogP) is 6.74. The van der Waals surface area contributed by atoms with Crippen LogP contribution >= 0.6 is 0 Å². The summed E-state index contributed by atoms with van der Waals surface area (Å²) in [6.07, 6.45) is 9.02. The molecule has 0 amide bonds. The zero-order valence-corrected chi connectivity index (χ0v) is 20.8. The second-order valence-electron chi connectivity index (χ2n) is 8.50. The van der Waals surface area contributed by atoms with Crippen molar-refractivity contribution in [2.24, 2.45) is 0 Å². The molecule has 0 spiro atoms. The van der Waals surface area contributed by atoms with Gasteiger partial charge >= 0.3 is 18.1 Å². The summed E-state index contributed by atoms with van der Waals surface area (Å²) in [5.74, 6) is -2.08. The maximum absolute atomic E-state index is 14.3. The molecule has 1 heterocycles. The Labute approximate surface area is 211 Å². The lowest BCUT2D eigenvalue weighted by atomic mass is 9.92. The molecule has 0 unspecified atom stereocenters. The van der Waals surface area contributed by atoms with Gasteiger partial charge in [-0.15, -0.1) is 0 Å². The summed E-state index contributed by atoms with van der Waals surface area (Å²) in [6.45, 7) is 1.66. The Bertz CT molecular complexity index is 908. The Balaban J connectivity index is 2.29. The summed E-state index contributed by atoms with van der Waals surface area (Å²) < 4.78 is 58.7. The number of hydrogen-bond donors (Lipinski definition) is 0. The average molecular weight is 509 g/mol. The molecule has 1 aliphatic rings. The number of esters is 2. The quantitative estimate of drug-likeness (QED) is 0.315. The van der Waals surface area contributed by atoms with Crippen LogP contribution in [0.3, 0.4) is 0 Å². The molecule has 2 rings (SSSR count). The van der Waals surface area contributed by atoms with Crippen molar-refractivity contribution in [2.75, 3.05) is 7.11 Å². The van der Waals surface area contributed by atoms with Gasteiger partial charge in [0.25, 0.3) is 5.60 Å². The van der Waals surface area contributed by atoms with Gasteiger partial charge in [0.15, 0.2) is 0 Å². The normalized spacial score (nSPS) is 23.5. The van der Waals surface area contributed by atoms with Crippen LogP contribution in [0.1, 0.15) is 63.9 Å². The summed E-state index contributed by atoms with van der Waals surface area (Å²) in [7, 11) is 0.820. The molecule has 1 aliphatic heterocycles. The van der Waals surface area contributed by atoms with E-state index >= 15 is 0 Å². The van der Waals surface area contributed by atoms with E-state index in [4.69, 9.17) is 14.2 Å². The smallest absolute Gasteiger partial charge is 0.432 e. The first kappa shape index (κ1) is 29.4. The summed E-state index contributed by atoms with van der Waals surface area (Å²) in [6, 6.07) is 6.64. The molecule has 0 saturated heterocycles. The van der Waals surface area contributed by atoms with Gasteiger partial charge in [-0.25, -0.2) is 4.79 Å². The van der Waals surface area contributed by atoms with Crippen molar-refractivity contribution in [1.29, 1.82) is 0 Å². The van der Waals surface area contributed by atoms with Crippen LogP contribution in [0.2, 0.25) is 0 Å². The Kier molecular flexibility index (Phi) is 11.9. The number of alkyl halides is 3. The van der Waals surface area contributed by atoms with Crippen molar-refractivity contribution in [2.45, 2.75) is 82.3 Å². The van der Waals surface area contributed by atoms with Crippen molar-refractivity contribution < 1.29 is 37.0 Å². The molecule has 198 valence electrons. The lowest BCUT2D eigenvalue weighted by molar-refractivity contribution is -0.279. The van der Waals surface area contributed by atoms with Crippen LogP contribution in [-0.4, -0.2) is 37.4 Å². The van der Waals surface area contributed by atoms with Gasteiger partial charge in [0.1, 0.15) is 12.2 Å². The summed E-state index contributed by atoms with van der Waals surface area (Å²) in [5.41, 5.74) is -3.70. The Hall–Kier alpha value is -2.87. The maximum atomic E-state index is 14.3. The molecule has 0 radical (unpaired) electrons. The van der Waals surface area contributed by atoms with Gasteiger partial charge in [0.2, 0.25) is 0 Å². The minimum absolute atomic E-state index is 0.147. The van der Waals surface area contributed by atoms with Crippen LogP contribution in [0.25, 0.3) is 0 Å². The van der Waals surface area contributed by atoms with Gasteiger partial charge in [0.05, 0.1) is 0 Å². The fourth-order valence-corrected chi connectivity index (χ4v) is 3.95. The molecular formula is C28H35F3O5. The van der Waals surface area contributed by atoms with Crippen molar-refractivity contribution in [1.82, 2.24) is 0 Å². The lowest BCUT2D eigenvalue weighted by Gasteiger charge is -2.35. The van der Waals surface area contributed by atoms with Gasteiger partial charge in [-0.2, -0.15) is 13.2 Å². The highest BCUT2D eigenvalue weighted by atomic mass is 19.4. The molecular weight excluding hydrogens is 473 g/mol. The van der Waals surface area contributed by atoms with Crippen LogP contribution in [0.15, 0.2) is 66.8 Å². The molecule has 36 heavy (non-hydrogen) atoms. The van der Waals surface area contributed by atoms with Crippen LogP contribution in [-0.2, 0) is 29.4 Å². The van der Waals surface area contributed by atoms with Gasteiger partial charge in [0, 0.05) is 25.5 Å². The van der Waals surface area contributed by atoms with Gasteiger partial charge in [-0.1, -0.05) is 73.7 Å². The third-order valence-corrected chi connectivity index (χ3v) is 5.95. The highest BCUT2D eigenvalue weighted by molar-refractivity contribution is 5.83. The van der Waals surface area contributed by atoms with Crippen LogP contribution in [0, 0.1) is 0 Å². The summed E-state index contributed by atoms with van der Waals surface area (Å²) in [4.78, 5) is 25.6. The number of allylic oxidation sites excluding steroid dienone is 5. The zero-order chi connectivity index (χ0) is 26.4. The zero-order valence-electron chi connectivity index (χ0n) is 20.8. The Morgan fingerprint density at radius 2 is 1.67 bits per heavy atom. The number of ether oxygens (including phenoxy) is 3. The number of carbonyl (C=O) groups excluding carboxylic acids is 2. The van der Waals surface area contributed by atoms with Crippen LogP contribution in [0.4, 0.5) is 13.2 Å². The average Bonchev–Trinajstić information content (AvgIpc) is 2.84. The van der Waals surface area contributed by atoms with E-state index in [0.29, 0.717) is 12.8 Å². The van der Waals surface area contributed by atoms with Crippen molar-refractivity contribution in [3.8, 4) is 0 Å². The SMILES string of the molecule is CC[C@H](OC(=O)[C@@](OC)(c1ccccc1)C(F)(F)F)[C@@H]1C/C=C\C/C=C\C/C=C\CCCCC(=O)O1. The van der Waals surface area contributed by atoms with E-state index in [9.17, 15) is 22.8 Å². The molecule has 0 N–H and O–H groups in total. The number of hydrogen-bond acceptors (Lipinski definition) is 5. The minimum Gasteiger partial charge on any atom is -0.458 e. The van der Waals surface area contributed by atoms with Gasteiger partial charge < -0.3 is 14.2 Å². The fourth-order valence-electron chi connectivity index (χ4n) is 3.95. The number of cyclic esters (lactones) is 1. The first-order valence-corrected chi connectivity index (χ1v) is 12.3. The predicted molar refractivity (Wildman–Crippen MR) is 131 cm³/mol. The highest BCUT2D eigenvalue weighted by Gasteiger charge is 2.64. The second-order valence-corrected chi connectivity index (χ2v) is 8.50. The fraction of sp³-hybridized carbons (Fsp3) is 0.500. The standard InChI is InChI=1S/C28H35F3O5/c1-3-23(36-26(33)27(34-2,28(29,30)31)22-18-14-13-15-19-22)24-20-16-11-9-7-5-4-6-8-10-12-17-21-25(32)35-24/h5-8,11,13-16,18-19,23-24H,3-4,9-10,12,17,20-21H2,1-2H3/b7-5-,8-6-,16-11-/t23-,24-,27-/m0/s1. The minimum atomic E-state index is -5.09. The van der Waals surface area contributed by atoms with Gasteiger partial charge in [-0.05, 0) is 38.5 Å². The highest BCUT2D eigenvalue weighted by Crippen LogP contribution is 2.43. The molecule has 0 bridgehead atoms. The maximum Gasteiger partial charge on any atom is 0.432 e.